The summed E-state index contributed by atoms with van der Waals surface area (Å²) in [6.45, 7) is 12.4. The lowest BCUT2D eigenvalue weighted by atomic mass is 9.84. The Kier molecular flexibility index (Phi) is 9.54. The van der Waals surface area contributed by atoms with Crippen LogP contribution in [0.25, 0.3) is 10.4 Å². The van der Waals surface area contributed by atoms with Crippen molar-refractivity contribution < 1.29 is 23.9 Å². The molecule has 1 aliphatic heterocycles. The van der Waals surface area contributed by atoms with Crippen LogP contribution in [0.5, 0.6) is 0 Å². The second-order valence-corrected chi connectivity index (χ2v) is 13.5. The van der Waals surface area contributed by atoms with Crippen molar-refractivity contribution >= 4 is 29.1 Å². The quantitative estimate of drug-likeness (QED) is 0.449. The largest absolute Gasteiger partial charge is 0.391 e. The van der Waals surface area contributed by atoms with Gasteiger partial charge in [0.05, 0.1) is 28.2 Å². The van der Waals surface area contributed by atoms with Crippen LogP contribution >= 0.6 is 11.3 Å². The van der Waals surface area contributed by atoms with Crippen LogP contribution in [-0.2, 0) is 14.4 Å². The van der Waals surface area contributed by atoms with Gasteiger partial charge in [0.1, 0.15) is 18.8 Å². The lowest BCUT2D eigenvalue weighted by Crippen LogP contribution is -2.58. The standard InChI is InChI=1S/C29H41FN4O4S/c1-17-24(39-16-31-17)19-10-8-18(9-11-19)21(14-30)32-26(37)22-12-20(35)15-34(22)27(38)25(29(5,6)7)33-23(36)13-28(2,3)4/h8-11,16,20-22,25,35H,12-15H2,1-7H3,(H,32,37)(H,33,36). The Hall–Kier alpha value is -2.85. The minimum atomic E-state index is -0.981. The first-order valence-electron chi connectivity index (χ1n) is 13.3. The molecule has 1 aromatic carbocycles. The van der Waals surface area contributed by atoms with E-state index in [1.165, 1.54) is 16.2 Å². The summed E-state index contributed by atoms with van der Waals surface area (Å²) in [6, 6.07) is 4.49. The molecule has 4 unspecified atom stereocenters. The summed E-state index contributed by atoms with van der Waals surface area (Å²) in [5, 5.41) is 16.0. The molecule has 1 aromatic heterocycles. The summed E-state index contributed by atoms with van der Waals surface area (Å²) < 4.78 is 14.1. The highest BCUT2D eigenvalue weighted by Crippen LogP contribution is 2.30. The van der Waals surface area contributed by atoms with E-state index in [1.807, 2.05) is 60.6 Å². The van der Waals surface area contributed by atoms with Crippen LogP contribution in [0.4, 0.5) is 4.39 Å². The van der Waals surface area contributed by atoms with Crippen LogP contribution in [0, 0.1) is 17.8 Å². The summed E-state index contributed by atoms with van der Waals surface area (Å²) in [7, 11) is 0. The summed E-state index contributed by atoms with van der Waals surface area (Å²) in [5.41, 5.74) is 3.33. The van der Waals surface area contributed by atoms with Crippen molar-refractivity contribution in [2.24, 2.45) is 10.8 Å². The first-order chi connectivity index (χ1) is 18.1. The summed E-state index contributed by atoms with van der Waals surface area (Å²) >= 11 is 1.52. The number of aliphatic hydroxyl groups is 1. The Labute approximate surface area is 234 Å². The highest BCUT2D eigenvalue weighted by Gasteiger charge is 2.45. The predicted molar refractivity (Wildman–Crippen MR) is 151 cm³/mol. The van der Waals surface area contributed by atoms with Crippen molar-refractivity contribution in [3.8, 4) is 10.4 Å². The van der Waals surface area contributed by atoms with Crippen LogP contribution in [0.2, 0.25) is 0 Å². The number of carbonyl (C=O) groups is 3. The van der Waals surface area contributed by atoms with Gasteiger partial charge in [-0.05, 0) is 28.9 Å². The lowest BCUT2D eigenvalue weighted by Gasteiger charge is -2.36. The maximum Gasteiger partial charge on any atom is 0.246 e. The van der Waals surface area contributed by atoms with Gasteiger partial charge in [-0.1, -0.05) is 65.8 Å². The van der Waals surface area contributed by atoms with Gasteiger partial charge in [-0.15, -0.1) is 11.3 Å². The van der Waals surface area contributed by atoms with Crippen LogP contribution in [0.15, 0.2) is 29.8 Å². The number of likely N-dealkylation sites (tertiary alicyclic amines) is 1. The number of β-amino-alcohol motifs (C(OH)–C–C–N with tert-alkyl or cyclic N) is 1. The van der Waals surface area contributed by atoms with E-state index in [1.54, 1.807) is 17.6 Å². The first-order valence-corrected chi connectivity index (χ1v) is 14.1. The third-order valence-electron chi connectivity index (χ3n) is 6.77. The zero-order valence-corrected chi connectivity index (χ0v) is 24.7. The van der Waals surface area contributed by atoms with E-state index < -0.39 is 48.1 Å². The fourth-order valence-corrected chi connectivity index (χ4v) is 5.55. The normalized spacial score (nSPS) is 19.5. The number of aryl methyl sites for hydroxylation is 1. The van der Waals surface area contributed by atoms with Gasteiger partial charge in [-0.3, -0.25) is 14.4 Å². The number of thiazole rings is 1. The molecule has 3 N–H and O–H groups in total. The van der Waals surface area contributed by atoms with Gasteiger partial charge < -0.3 is 20.6 Å². The number of aromatic nitrogens is 1. The number of nitrogens with zero attached hydrogens (tertiary/aromatic N) is 2. The Morgan fingerprint density at radius 1 is 1.13 bits per heavy atom. The van der Waals surface area contributed by atoms with E-state index >= 15 is 0 Å². The maximum absolute atomic E-state index is 14.1. The Morgan fingerprint density at radius 3 is 2.28 bits per heavy atom. The molecule has 0 spiro atoms. The van der Waals surface area contributed by atoms with E-state index in [2.05, 4.69) is 15.6 Å². The number of hydrogen-bond donors (Lipinski definition) is 3. The minimum Gasteiger partial charge on any atom is -0.391 e. The lowest BCUT2D eigenvalue weighted by molar-refractivity contribution is -0.144. The van der Waals surface area contributed by atoms with Gasteiger partial charge in [0.15, 0.2) is 0 Å². The van der Waals surface area contributed by atoms with Gasteiger partial charge in [-0.2, -0.15) is 0 Å². The molecule has 2 heterocycles. The molecule has 2 aromatic rings. The minimum absolute atomic E-state index is 0.0347. The van der Waals surface area contributed by atoms with Crippen LogP contribution in [0.3, 0.4) is 0 Å². The zero-order chi connectivity index (χ0) is 29.1. The molecule has 214 valence electrons. The van der Waals surface area contributed by atoms with Crippen molar-refractivity contribution in [3.63, 3.8) is 0 Å². The summed E-state index contributed by atoms with van der Waals surface area (Å²) in [4.78, 5) is 46.4. The third-order valence-corrected chi connectivity index (χ3v) is 7.74. The molecule has 4 atom stereocenters. The van der Waals surface area contributed by atoms with E-state index in [-0.39, 0.29) is 30.7 Å². The number of hydrogen-bond acceptors (Lipinski definition) is 6. The number of amides is 3. The number of carbonyl (C=O) groups excluding carboxylic acids is 3. The molecular formula is C29H41FN4O4S. The first kappa shape index (κ1) is 30.7. The van der Waals surface area contributed by atoms with E-state index in [9.17, 15) is 23.9 Å². The monoisotopic (exact) mass is 560 g/mol. The number of benzene rings is 1. The molecule has 0 radical (unpaired) electrons. The molecule has 3 rings (SSSR count). The van der Waals surface area contributed by atoms with Gasteiger partial charge in [0, 0.05) is 19.4 Å². The van der Waals surface area contributed by atoms with E-state index in [0.29, 0.717) is 5.56 Å². The van der Waals surface area contributed by atoms with Gasteiger partial charge in [-0.25, -0.2) is 9.37 Å². The van der Waals surface area contributed by atoms with Crippen LogP contribution in [-0.4, -0.2) is 64.1 Å². The molecule has 0 aliphatic carbocycles. The van der Waals surface area contributed by atoms with Crippen molar-refractivity contribution in [3.05, 3.63) is 41.0 Å². The molecule has 1 aliphatic rings. The average molecular weight is 561 g/mol. The fraction of sp³-hybridized carbons (Fsp3) is 0.586. The van der Waals surface area contributed by atoms with Gasteiger partial charge >= 0.3 is 0 Å². The van der Waals surface area contributed by atoms with Crippen molar-refractivity contribution in [1.29, 1.82) is 0 Å². The second-order valence-electron chi connectivity index (χ2n) is 12.6. The molecule has 0 saturated carbocycles. The average Bonchev–Trinajstić information content (AvgIpc) is 3.44. The topological polar surface area (TPSA) is 112 Å². The van der Waals surface area contributed by atoms with E-state index in [4.69, 9.17) is 0 Å². The zero-order valence-electron chi connectivity index (χ0n) is 23.9. The Balaban J connectivity index is 1.76. The van der Waals surface area contributed by atoms with Crippen molar-refractivity contribution in [2.75, 3.05) is 13.2 Å². The molecule has 10 heteroatoms. The smallest absolute Gasteiger partial charge is 0.246 e. The highest BCUT2D eigenvalue weighted by atomic mass is 32.1. The number of nitrogens with one attached hydrogen (secondary N) is 2. The van der Waals surface area contributed by atoms with Crippen molar-refractivity contribution in [2.45, 2.75) is 85.5 Å². The fourth-order valence-electron chi connectivity index (χ4n) is 4.74. The molecule has 39 heavy (non-hydrogen) atoms. The van der Waals surface area contributed by atoms with Crippen LogP contribution < -0.4 is 10.6 Å². The number of alkyl halides is 1. The predicted octanol–water partition coefficient (Wildman–Crippen LogP) is 4.17. The summed E-state index contributed by atoms with van der Waals surface area (Å²) in [5.74, 6) is -1.24. The molecule has 0 bridgehead atoms. The molecule has 1 saturated heterocycles. The Bertz CT molecular complexity index is 1170. The molecule has 3 amide bonds. The van der Waals surface area contributed by atoms with Crippen molar-refractivity contribution in [1.82, 2.24) is 20.5 Å². The van der Waals surface area contributed by atoms with E-state index in [0.717, 1.165) is 16.1 Å². The van der Waals surface area contributed by atoms with Gasteiger partial charge in [0.25, 0.3) is 0 Å². The second kappa shape index (κ2) is 12.1. The maximum atomic E-state index is 14.1. The number of aliphatic hydroxyl groups excluding tert-OH is 1. The highest BCUT2D eigenvalue weighted by molar-refractivity contribution is 7.13. The SMILES string of the molecule is Cc1ncsc1-c1ccc(C(CF)NC(=O)C2CC(O)CN2C(=O)C(NC(=O)CC(C)(C)C)C(C)(C)C)cc1. The third kappa shape index (κ3) is 7.85. The van der Waals surface area contributed by atoms with Crippen LogP contribution in [0.1, 0.15) is 71.7 Å². The molecule has 8 nitrogen and oxygen atoms in total. The number of halogens is 1. The molecular weight excluding hydrogens is 519 g/mol. The summed E-state index contributed by atoms with van der Waals surface area (Å²) in [6.07, 6.45) is -0.632. The number of rotatable bonds is 8. The Morgan fingerprint density at radius 2 is 1.77 bits per heavy atom. The van der Waals surface area contributed by atoms with Gasteiger partial charge in [0.2, 0.25) is 17.7 Å². The molecule has 1 fully saturated rings.